The molecule has 0 bridgehead atoms. The molecule has 4 heteroatoms. The largest absolute Gasteiger partial charge is 0.396 e. The van der Waals surface area contributed by atoms with Crippen molar-refractivity contribution in [2.75, 3.05) is 6.61 Å². The van der Waals surface area contributed by atoms with E-state index in [4.69, 9.17) is 11.6 Å². The van der Waals surface area contributed by atoms with Gasteiger partial charge < -0.3 is 5.11 Å². The second kappa shape index (κ2) is 6.91. The van der Waals surface area contributed by atoms with Crippen molar-refractivity contribution in [3.8, 4) is 0 Å². The van der Waals surface area contributed by atoms with Crippen LogP contribution in [0.25, 0.3) is 0 Å². The van der Waals surface area contributed by atoms with Gasteiger partial charge in [-0.1, -0.05) is 23.7 Å². The van der Waals surface area contributed by atoms with Crippen molar-refractivity contribution in [1.29, 1.82) is 0 Å². The Kier molecular flexibility index (Phi) is 5.21. The molecule has 20 heavy (non-hydrogen) atoms. The van der Waals surface area contributed by atoms with Crippen LogP contribution in [0.3, 0.4) is 0 Å². The Morgan fingerprint density at radius 3 is 2.75 bits per heavy atom. The first-order valence-electron chi connectivity index (χ1n) is 7.01. The third-order valence-electron chi connectivity index (χ3n) is 3.45. The van der Waals surface area contributed by atoms with Crippen LogP contribution in [0.2, 0.25) is 5.02 Å². The molecule has 0 aliphatic carbocycles. The first kappa shape index (κ1) is 15.1. The van der Waals surface area contributed by atoms with Crippen molar-refractivity contribution in [3.63, 3.8) is 0 Å². The predicted molar refractivity (Wildman–Crippen MR) is 82.1 cm³/mol. The monoisotopic (exact) mass is 292 g/mol. The van der Waals surface area contributed by atoms with E-state index in [-0.39, 0.29) is 12.5 Å². The normalized spacial score (nSPS) is 12.6. The molecule has 0 fully saturated rings. The Morgan fingerprint density at radius 1 is 1.30 bits per heavy atom. The van der Waals surface area contributed by atoms with Gasteiger partial charge in [0.2, 0.25) is 0 Å². The Morgan fingerprint density at radius 2 is 2.10 bits per heavy atom. The van der Waals surface area contributed by atoms with E-state index in [1.54, 1.807) is 0 Å². The lowest BCUT2D eigenvalue weighted by molar-refractivity contribution is 0.223. The molecular formula is C16H21ClN2O. The number of aryl methyl sites for hydroxylation is 2. The third kappa shape index (κ3) is 3.84. The average Bonchev–Trinajstić information content (AvgIpc) is 2.78. The number of hydrogen-bond donors (Lipinski definition) is 1. The number of aromatic nitrogens is 2. The van der Waals surface area contributed by atoms with Gasteiger partial charge in [0.15, 0.2) is 0 Å². The average molecular weight is 293 g/mol. The number of aliphatic hydroxyl groups is 1. The van der Waals surface area contributed by atoms with E-state index >= 15 is 0 Å². The van der Waals surface area contributed by atoms with Gasteiger partial charge in [0.05, 0.1) is 5.69 Å². The standard InChI is InChI=1S/C16H21ClN2O/c1-3-19-16(7-12(2)18-19)10-14(11-20)8-13-5-4-6-15(17)9-13/h4-7,9,14,20H,3,8,10-11H2,1-2H3. The fourth-order valence-corrected chi connectivity index (χ4v) is 2.74. The molecule has 0 amide bonds. The molecule has 1 aromatic heterocycles. The minimum absolute atomic E-state index is 0.167. The summed E-state index contributed by atoms with van der Waals surface area (Å²) in [6, 6.07) is 9.94. The highest BCUT2D eigenvalue weighted by molar-refractivity contribution is 6.30. The van der Waals surface area contributed by atoms with Crippen LogP contribution < -0.4 is 0 Å². The lowest BCUT2D eigenvalue weighted by Gasteiger charge is -2.15. The van der Waals surface area contributed by atoms with Crippen LogP contribution in [0.1, 0.15) is 23.9 Å². The quantitative estimate of drug-likeness (QED) is 0.887. The fraction of sp³-hybridized carbons (Fsp3) is 0.438. The molecule has 1 aromatic carbocycles. The zero-order valence-electron chi connectivity index (χ0n) is 12.0. The Labute approximate surface area is 125 Å². The molecule has 1 atom stereocenters. The Balaban J connectivity index is 2.08. The summed E-state index contributed by atoms with van der Waals surface area (Å²) in [5.74, 6) is 0.190. The number of halogens is 1. The first-order chi connectivity index (χ1) is 9.62. The van der Waals surface area contributed by atoms with Crippen LogP contribution in [0, 0.1) is 12.8 Å². The SMILES string of the molecule is CCn1nc(C)cc1CC(CO)Cc1cccc(Cl)c1. The Hall–Kier alpha value is -1.32. The summed E-state index contributed by atoms with van der Waals surface area (Å²) < 4.78 is 2.01. The van der Waals surface area contributed by atoms with Crippen LogP contribution in [0.5, 0.6) is 0 Å². The number of hydrogen-bond acceptors (Lipinski definition) is 2. The van der Waals surface area contributed by atoms with Gasteiger partial charge in [0.1, 0.15) is 0 Å². The maximum absolute atomic E-state index is 9.63. The van der Waals surface area contributed by atoms with Gasteiger partial charge in [-0.3, -0.25) is 4.68 Å². The molecule has 0 aliphatic rings. The molecule has 108 valence electrons. The zero-order valence-corrected chi connectivity index (χ0v) is 12.8. The molecule has 0 saturated heterocycles. The van der Waals surface area contributed by atoms with E-state index in [0.29, 0.717) is 0 Å². The van der Waals surface area contributed by atoms with E-state index in [9.17, 15) is 5.11 Å². The summed E-state index contributed by atoms with van der Waals surface area (Å²) in [6.45, 7) is 5.11. The Bertz CT molecular complexity index is 565. The van der Waals surface area contributed by atoms with E-state index < -0.39 is 0 Å². The molecule has 0 aliphatic heterocycles. The van der Waals surface area contributed by atoms with Crippen molar-refractivity contribution in [1.82, 2.24) is 9.78 Å². The van der Waals surface area contributed by atoms with Crippen molar-refractivity contribution in [2.24, 2.45) is 5.92 Å². The lowest BCUT2D eigenvalue weighted by atomic mass is 9.95. The number of benzene rings is 1. The van der Waals surface area contributed by atoms with Gasteiger partial charge in [0.25, 0.3) is 0 Å². The molecular weight excluding hydrogens is 272 g/mol. The van der Waals surface area contributed by atoms with Gasteiger partial charge in [-0.05, 0) is 56.4 Å². The van der Waals surface area contributed by atoms with Crippen LogP contribution in [-0.4, -0.2) is 21.5 Å². The van der Waals surface area contributed by atoms with Gasteiger partial charge in [-0.2, -0.15) is 5.10 Å². The molecule has 1 unspecified atom stereocenters. The summed E-state index contributed by atoms with van der Waals surface area (Å²) in [5.41, 5.74) is 3.38. The fourth-order valence-electron chi connectivity index (χ4n) is 2.53. The van der Waals surface area contributed by atoms with Crippen LogP contribution in [-0.2, 0) is 19.4 Å². The minimum atomic E-state index is 0.167. The molecule has 0 radical (unpaired) electrons. The topological polar surface area (TPSA) is 38.0 Å². The molecule has 0 spiro atoms. The molecule has 2 aromatic rings. The number of nitrogens with zero attached hydrogens (tertiary/aromatic N) is 2. The van der Waals surface area contributed by atoms with E-state index in [1.807, 2.05) is 29.8 Å². The van der Waals surface area contributed by atoms with Crippen molar-refractivity contribution < 1.29 is 5.11 Å². The highest BCUT2D eigenvalue weighted by Crippen LogP contribution is 2.18. The second-order valence-electron chi connectivity index (χ2n) is 5.18. The predicted octanol–water partition coefficient (Wildman–Crippen LogP) is 3.26. The summed E-state index contributed by atoms with van der Waals surface area (Å²) in [6.07, 6.45) is 1.66. The van der Waals surface area contributed by atoms with Crippen molar-refractivity contribution in [2.45, 2.75) is 33.2 Å². The molecule has 1 heterocycles. The highest BCUT2D eigenvalue weighted by Gasteiger charge is 2.13. The maximum Gasteiger partial charge on any atom is 0.0596 e. The summed E-state index contributed by atoms with van der Waals surface area (Å²) in [7, 11) is 0. The molecule has 0 saturated carbocycles. The van der Waals surface area contributed by atoms with Crippen LogP contribution in [0.15, 0.2) is 30.3 Å². The van der Waals surface area contributed by atoms with E-state index in [2.05, 4.69) is 24.2 Å². The van der Waals surface area contributed by atoms with E-state index in [0.717, 1.165) is 35.7 Å². The van der Waals surface area contributed by atoms with Gasteiger partial charge in [0, 0.05) is 23.9 Å². The second-order valence-corrected chi connectivity index (χ2v) is 5.62. The number of aliphatic hydroxyl groups excluding tert-OH is 1. The molecule has 1 N–H and O–H groups in total. The molecule has 2 rings (SSSR count). The third-order valence-corrected chi connectivity index (χ3v) is 3.69. The smallest absolute Gasteiger partial charge is 0.0596 e. The lowest BCUT2D eigenvalue weighted by Crippen LogP contribution is -2.15. The summed E-state index contributed by atoms with van der Waals surface area (Å²) in [5, 5.41) is 14.8. The van der Waals surface area contributed by atoms with Gasteiger partial charge in [-0.25, -0.2) is 0 Å². The van der Waals surface area contributed by atoms with E-state index in [1.165, 1.54) is 5.69 Å². The summed E-state index contributed by atoms with van der Waals surface area (Å²) >= 11 is 6.01. The first-order valence-corrected chi connectivity index (χ1v) is 7.38. The minimum Gasteiger partial charge on any atom is -0.396 e. The number of rotatable bonds is 6. The van der Waals surface area contributed by atoms with Crippen LogP contribution >= 0.6 is 11.6 Å². The zero-order chi connectivity index (χ0) is 14.5. The van der Waals surface area contributed by atoms with Crippen LogP contribution in [0.4, 0.5) is 0 Å². The van der Waals surface area contributed by atoms with Gasteiger partial charge >= 0.3 is 0 Å². The maximum atomic E-state index is 9.63. The van der Waals surface area contributed by atoms with Crippen molar-refractivity contribution in [3.05, 3.63) is 52.3 Å². The summed E-state index contributed by atoms with van der Waals surface area (Å²) in [4.78, 5) is 0. The highest BCUT2D eigenvalue weighted by atomic mass is 35.5. The van der Waals surface area contributed by atoms with Crippen molar-refractivity contribution >= 4 is 11.6 Å². The van der Waals surface area contributed by atoms with Gasteiger partial charge in [-0.15, -0.1) is 0 Å². The molecule has 3 nitrogen and oxygen atoms in total.